The molecule has 0 aliphatic rings. The minimum Gasteiger partial charge on any atom is -0.430 e. The quantitative estimate of drug-likeness (QED) is 0.827. The van der Waals surface area contributed by atoms with Crippen molar-refractivity contribution in [1.82, 2.24) is 4.90 Å². The molecule has 0 atom stereocenters. The van der Waals surface area contributed by atoms with E-state index in [0.717, 1.165) is 5.56 Å². The summed E-state index contributed by atoms with van der Waals surface area (Å²) < 4.78 is 4.68. The SMILES string of the molecule is CN(Cc1ccccc1)C(=O)c1ccc(=O)oc1. The zero-order valence-corrected chi connectivity index (χ0v) is 10.00. The molecule has 18 heavy (non-hydrogen) atoms. The standard InChI is InChI=1S/C14H13NO3/c1-15(9-11-5-3-2-4-6-11)14(17)12-7-8-13(16)18-10-12/h2-8,10H,9H2,1H3. The molecule has 1 aromatic carbocycles. The van der Waals surface area contributed by atoms with Gasteiger partial charge in [-0.1, -0.05) is 30.3 Å². The van der Waals surface area contributed by atoms with Gasteiger partial charge in [-0.25, -0.2) is 4.79 Å². The maximum atomic E-state index is 12.0. The molecule has 0 saturated carbocycles. The third kappa shape index (κ3) is 2.85. The fraction of sp³-hybridized carbons (Fsp3) is 0.143. The van der Waals surface area contributed by atoms with Crippen LogP contribution in [0.15, 0.2) is 57.9 Å². The summed E-state index contributed by atoms with van der Waals surface area (Å²) in [5, 5.41) is 0. The molecule has 2 aromatic rings. The number of hydrogen-bond donors (Lipinski definition) is 0. The van der Waals surface area contributed by atoms with Crippen LogP contribution in [0, 0.1) is 0 Å². The van der Waals surface area contributed by atoms with Crippen molar-refractivity contribution < 1.29 is 9.21 Å². The van der Waals surface area contributed by atoms with Gasteiger partial charge in [-0.3, -0.25) is 4.79 Å². The molecule has 1 aromatic heterocycles. The summed E-state index contributed by atoms with van der Waals surface area (Å²) in [6, 6.07) is 12.4. The maximum Gasteiger partial charge on any atom is 0.335 e. The van der Waals surface area contributed by atoms with Crippen LogP contribution in [0.5, 0.6) is 0 Å². The summed E-state index contributed by atoms with van der Waals surface area (Å²) in [6.07, 6.45) is 1.19. The fourth-order valence-electron chi connectivity index (χ4n) is 1.63. The molecule has 0 spiro atoms. The van der Waals surface area contributed by atoms with Crippen molar-refractivity contribution in [3.8, 4) is 0 Å². The highest BCUT2D eigenvalue weighted by atomic mass is 16.4. The minimum atomic E-state index is -0.461. The van der Waals surface area contributed by atoms with E-state index in [2.05, 4.69) is 4.42 Å². The van der Waals surface area contributed by atoms with E-state index in [1.165, 1.54) is 18.4 Å². The van der Waals surface area contributed by atoms with Crippen LogP contribution in [0.4, 0.5) is 0 Å². The second kappa shape index (κ2) is 5.31. The molecule has 1 amide bonds. The van der Waals surface area contributed by atoms with Gasteiger partial charge in [-0.2, -0.15) is 0 Å². The van der Waals surface area contributed by atoms with E-state index in [-0.39, 0.29) is 5.91 Å². The molecule has 92 valence electrons. The molecule has 2 rings (SSSR count). The number of benzene rings is 1. The van der Waals surface area contributed by atoms with Gasteiger partial charge in [0.1, 0.15) is 6.26 Å². The second-order valence-corrected chi connectivity index (χ2v) is 3.99. The fourth-order valence-corrected chi connectivity index (χ4v) is 1.63. The van der Waals surface area contributed by atoms with E-state index in [1.54, 1.807) is 11.9 Å². The molecule has 0 fully saturated rings. The first kappa shape index (κ1) is 12.1. The Kier molecular flexibility index (Phi) is 3.57. The highest BCUT2D eigenvalue weighted by Gasteiger charge is 2.12. The van der Waals surface area contributed by atoms with Crippen molar-refractivity contribution >= 4 is 5.91 Å². The summed E-state index contributed by atoms with van der Waals surface area (Å²) in [5.74, 6) is -0.178. The average Bonchev–Trinajstić information content (AvgIpc) is 2.40. The molecule has 0 unspecified atom stereocenters. The van der Waals surface area contributed by atoms with Crippen molar-refractivity contribution in [3.63, 3.8) is 0 Å². The number of hydrogen-bond acceptors (Lipinski definition) is 3. The molecule has 0 aliphatic carbocycles. The Morgan fingerprint density at radius 3 is 2.50 bits per heavy atom. The highest BCUT2D eigenvalue weighted by molar-refractivity contribution is 5.93. The van der Waals surface area contributed by atoms with Crippen LogP contribution in [0.1, 0.15) is 15.9 Å². The third-order valence-corrected chi connectivity index (χ3v) is 2.56. The number of carbonyl (C=O) groups is 1. The highest BCUT2D eigenvalue weighted by Crippen LogP contribution is 2.07. The van der Waals surface area contributed by atoms with Gasteiger partial charge in [-0.15, -0.1) is 0 Å². The van der Waals surface area contributed by atoms with E-state index >= 15 is 0 Å². The Morgan fingerprint density at radius 2 is 1.89 bits per heavy atom. The minimum absolute atomic E-state index is 0.178. The van der Waals surface area contributed by atoms with Gasteiger partial charge in [0.15, 0.2) is 0 Å². The van der Waals surface area contributed by atoms with Crippen molar-refractivity contribution in [2.24, 2.45) is 0 Å². The van der Waals surface area contributed by atoms with Crippen LogP contribution >= 0.6 is 0 Å². The van der Waals surface area contributed by atoms with Crippen molar-refractivity contribution in [2.45, 2.75) is 6.54 Å². The molecule has 4 nitrogen and oxygen atoms in total. The molecular formula is C14H13NO3. The van der Waals surface area contributed by atoms with E-state index < -0.39 is 5.63 Å². The summed E-state index contributed by atoms with van der Waals surface area (Å²) in [4.78, 5) is 24.4. The monoisotopic (exact) mass is 243 g/mol. The Morgan fingerprint density at radius 1 is 1.17 bits per heavy atom. The van der Waals surface area contributed by atoms with Gasteiger partial charge >= 0.3 is 5.63 Å². The Hall–Kier alpha value is -2.36. The van der Waals surface area contributed by atoms with Crippen molar-refractivity contribution in [3.05, 3.63) is 70.3 Å². The number of carbonyl (C=O) groups excluding carboxylic acids is 1. The average molecular weight is 243 g/mol. The molecule has 0 bridgehead atoms. The third-order valence-electron chi connectivity index (χ3n) is 2.56. The smallest absolute Gasteiger partial charge is 0.335 e. The molecule has 4 heteroatoms. The Labute approximate surface area is 104 Å². The lowest BCUT2D eigenvalue weighted by Gasteiger charge is -2.16. The Bertz CT molecular complexity index is 569. The Balaban J connectivity index is 2.09. The van der Waals surface area contributed by atoms with Crippen molar-refractivity contribution in [2.75, 3.05) is 7.05 Å². The van der Waals surface area contributed by atoms with Gasteiger partial charge in [0, 0.05) is 19.7 Å². The summed E-state index contributed by atoms with van der Waals surface area (Å²) in [7, 11) is 1.71. The first-order valence-electron chi connectivity index (χ1n) is 5.55. The first-order chi connectivity index (χ1) is 8.66. The number of rotatable bonds is 3. The lowest BCUT2D eigenvalue weighted by Crippen LogP contribution is -2.26. The van der Waals surface area contributed by atoms with Crippen LogP contribution in [-0.4, -0.2) is 17.9 Å². The van der Waals surface area contributed by atoms with E-state index in [4.69, 9.17) is 0 Å². The van der Waals surface area contributed by atoms with E-state index in [1.807, 2.05) is 30.3 Å². The molecule has 0 saturated heterocycles. The maximum absolute atomic E-state index is 12.0. The summed E-state index contributed by atoms with van der Waals surface area (Å²) >= 11 is 0. The van der Waals surface area contributed by atoms with Gasteiger partial charge < -0.3 is 9.32 Å². The summed E-state index contributed by atoms with van der Waals surface area (Å²) in [5.41, 5.74) is 0.955. The molecule has 0 aliphatic heterocycles. The van der Waals surface area contributed by atoms with Crippen LogP contribution in [0.2, 0.25) is 0 Å². The predicted octanol–water partition coefficient (Wildman–Crippen LogP) is 1.91. The van der Waals surface area contributed by atoms with E-state index in [9.17, 15) is 9.59 Å². The van der Waals surface area contributed by atoms with Crippen molar-refractivity contribution in [1.29, 1.82) is 0 Å². The van der Waals surface area contributed by atoms with Crippen LogP contribution in [0.3, 0.4) is 0 Å². The van der Waals surface area contributed by atoms with Gasteiger partial charge in [0.05, 0.1) is 5.56 Å². The topological polar surface area (TPSA) is 50.5 Å². The van der Waals surface area contributed by atoms with Crippen LogP contribution in [0.25, 0.3) is 0 Å². The number of amides is 1. The zero-order chi connectivity index (χ0) is 13.0. The molecule has 1 heterocycles. The predicted molar refractivity (Wildman–Crippen MR) is 67.2 cm³/mol. The lowest BCUT2D eigenvalue weighted by molar-refractivity contribution is 0.0782. The zero-order valence-electron chi connectivity index (χ0n) is 10.00. The first-order valence-corrected chi connectivity index (χ1v) is 5.55. The van der Waals surface area contributed by atoms with Crippen LogP contribution < -0.4 is 5.63 Å². The van der Waals surface area contributed by atoms with Gasteiger partial charge in [-0.05, 0) is 11.6 Å². The second-order valence-electron chi connectivity index (χ2n) is 3.99. The normalized spacial score (nSPS) is 10.1. The van der Waals surface area contributed by atoms with Gasteiger partial charge in [0.25, 0.3) is 5.91 Å². The largest absolute Gasteiger partial charge is 0.430 e. The molecule has 0 N–H and O–H groups in total. The number of nitrogens with zero attached hydrogens (tertiary/aromatic N) is 1. The summed E-state index contributed by atoms with van der Waals surface area (Å²) in [6.45, 7) is 0.513. The van der Waals surface area contributed by atoms with Crippen LogP contribution in [-0.2, 0) is 6.54 Å². The lowest BCUT2D eigenvalue weighted by atomic mass is 10.2. The molecular weight excluding hydrogens is 230 g/mol. The molecule has 0 radical (unpaired) electrons. The van der Waals surface area contributed by atoms with Gasteiger partial charge in [0.2, 0.25) is 0 Å². The van der Waals surface area contributed by atoms with E-state index in [0.29, 0.717) is 12.1 Å².